The Labute approximate surface area is 271 Å². The lowest BCUT2D eigenvalue weighted by Crippen LogP contribution is -2.43. The number of alkyl halides is 1. The lowest BCUT2D eigenvalue weighted by molar-refractivity contribution is -0.0652. The predicted molar refractivity (Wildman–Crippen MR) is 189 cm³/mol. The number of halogens is 2. The van der Waals surface area contributed by atoms with E-state index in [1.54, 1.807) is 6.08 Å². The van der Waals surface area contributed by atoms with Crippen LogP contribution in [-0.2, 0) is 4.74 Å². The molecule has 0 bridgehead atoms. The summed E-state index contributed by atoms with van der Waals surface area (Å²) in [5.41, 5.74) is 4.27. The molecule has 0 aliphatic heterocycles. The lowest BCUT2D eigenvalue weighted by Gasteiger charge is -2.36. The maximum atomic E-state index is 16.1. The van der Waals surface area contributed by atoms with Crippen molar-refractivity contribution < 1.29 is 13.5 Å². The highest BCUT2D eigenvalue weighted by Crippen LogP contribution is 2.41. The molecule has 2 unspecified atom stereocenters. The molecule has 0 saturated carbocycles. The maximum absolute atomic E-state index is 16.1. The Morgan fingerprint density at radius 3 is 1.53 bits per heavy atom. The van der Waals surface area contributed by atoms with E-state index in [0.717, 1.165) is 43.2 Å². The summed E-state index contributed by atoms with van der Waals surface area (Å²) in [5.74, 6) is -0.709. The Morgan fingerprint density at radius 1 is 0.556 bits per heavy atom. The fourth-order valence-electron chi connectivity index (χ4n) is 6.38. The summed E-state index contributed by atoms with van der Waals surface area (Å²) in [4.78, 5) is 0. The van der Waals surface area contributed by atoms with Crippen molar-refractivity contribution in [2.24, 2.45) is 0 Å². The topological polar surface area (TPSA) is 9.23 Å². The number of rotatable bonds is 20. The summed E-state index contributed by atoms with van der Waals surface area (Å²) >= 11 is 0. The first kappa shape index (κ1) is 34.8. The molecule has 1 nitrogen and oxygen atoms in total. The van der Waals surface area contributed by atoms with E-state index in [1.807, 2.05) is 48.5 Å². The number of unbranched alkanes of at least 4 members (excludes halogenated alkanes) is 12. The molecular weight excluding hydrogens is 558 g/mol. The zero-order chi connectivity index (χ0) is 31.7. The second kappa shape index (κ2) is 18.8. The van der Waals surface area contributed by atoms with Crippen molar-refractivity contribution in [2.75, 3.05) is 6.61 Å². The van der Waals surface area contributed by atoms with Crippen LogP contribution in [0, 0.1) is 0 Å². The van der Waals surface area contributed by atoms with Gasteiger partial charge < -0.3 is 4.74 Å². The summed E-state index contributed by atoms with van der Waals surface area (Å²) in [6.45, 7) is 4.91. The van der Waals surface area contributed by atoms with Crippen molar-refractivity contribution in [3.8, 4) is 22.3 Å². The molecule has 3 aromatic carbocycles. The number of benzene rings is 3. The van der Waals surface area contributed by atoms with Gasteiger partial charge in [-0.25, -0.2) is 8.78 Å². The second-order valence-corrected chi connectivity index (χ2v) is 12.8. The molecule has 1 aliphatic carbocycles. The van der Waals surface area contributed by atoms with Crippen molar-refractivity contribution in [2.45, 2.75) is 122 Å². The lowest BCUT2D eigenvalue weighted by atomic mass is 9.82. The Kier molecular flexibility index (Phi) is 14.6. The molecule has 0 fully saturated rings. The molecule has 0 N–H and O–H groups in total. The van der Waals surface area contributed by atoms with Gasteiger partial charge in [-0.3, -0.25) is 0 Å². The Balaban J connectivity index is 1.39. The molecule has 0 radical (unpaired) electrons. The van der Waals surface area contributed by atoms with Crippen LogP contribution in [0.15, 0.2) is 96.8 Å². The minimum absolute atomic E-state index is 0.322. The average Bonchev–Trinajstić information content (AvgIpc) is 3.08. The molecule has 4 rings (SSSR count). The van der Waals surface area contributed by atoms with E-state index >= 15 is 8.78 Å². The highest BCUT2D eigenvalue weighted by Gasteiger charge is 2.44. The fraction of sp³-hybridized carbons (Fsp3) is 0.476. The largest absolute Gasteiger partial charge is 0.367 e. The number of ether oxygens (including phenoxy) is 1. The Hall–Kier alpha value is -3.04. The average molecular weight is 613 g/mol. The molecular formula is C42H54F2O. The Bertz CT molecular complexity index is 1310. The van der Waals surface area contributed by atoms with Crippen LogP contribution in [0.4, 0.5) is 8.78 Å². The molecule has 1 aliphatic rings. The van der Waals surface area contributed by atoms with Gasteiger partial charge in [0.2, 0.25) is 0 Å². The minimum atomic E-state index is -1.80. The second-order valence-electron chi connectivity index (χ2n) is 12.8. The zero-order valence-electron chi connectivity index (χ0n) is 27.7. The van der Waals surface area contributed by atoms with Gasteiger partial charge in [-0.05, 0) is 46.7 Å². The monoisotopic (exact) mass is 612 g/mol. The third kappa shape index (κ3) is 10.2. The summed E-state index contributed by atoms with van der Waals surface area (Å²) in [7, 11) is 0. The Morgan fingerprint density at radius 2 is 1.00 bits per heavy atom. The van der Waals surface area contributed by atoms with Crippen LogP contribution in [0.1, 0.15) is 116 Å². The van der Waals surface area contributed by atoms with Gasteiger partial charge in [-0.15, -0.1) is 0 Å². The molecule has 0 aromatic heterocycles. The molecule has 0 spiro atoms. The van der Waals surface area contributed by atoms with E-state index < -0.39 is 17.6 Å². The van der Waals surface area contributed by atoms with E-state index in [2.05, 4.69) is 50.2 Å². The fourth-order valence-corrected chi connectivity index (χ4v) is 6.38. The first-order valence-electron chi connectivity index (χ1n) is 17.7. The van der Waals surface area contributed by atoms with Crippen molar-refractivity contribution in [3.05, 3.63) is 102 Å². The van der Waals surface area contributed by atoms with E-state index in [0.29, 0.717) is 24.2 Å². The van der Waals surface area contributed by atoms with E-state index in [9.17, 15) is 0 Å². The van der Waals surface area contributed by atoms with Crippen molar-refractivity contribution >= 4 is 5.57 Å². The molecule has 0 amide bonds. The summed E-state index contributed by atoms with van der Waals surface area (Å²) in [5, 5.41) is 0. The van der Waals surface area contributed by atoms with Crippen LogP contribution >= 0.6 is 0 Å². The summed E-state index contributed by atoms with van der Waals surface area (Å²) in [6, 6.07) is 26.5. The third-order valence-electron chi connectivity index (χ3n) is 9.25. The molecule has 3 aromatic rings. The molecule has 3 heteroatoms. The predicted octanol–water partition coefficient (Wildman–Crippen LogP) is 13.3. The zero-order valence-corrected chi connectivity index (χ0v) is 27.7. The van der Waals surface area contributed by atoms with Gasteiger partial charge in [-0.2, -0.15) is 0 Å². The van der Waals surface area contributed by atoms with Gasteiger partial charge >= 0.3 is 0 Å². The van der Waals surface area contributed by atoms with Crippen LogP contribution in [-0.4, -0.2) is 18.4 Å². The van der Waals surface area contributed by atoms with Gasteiger partial charge in [0.15, 0.2) is 6.17 Å². The van der Waals surface area contributed by atoms with Gasteiger partial charge in [0.1, 0.15) is 11.4 Å². The summed E-state index contributed by atoms with van der Waals surface area (Å²) in [6.07, 6.45) is 18.4. The first-order valence-corrected chi connectivity index (χ1v) is 17.7. The molecule has 242 valence electrons. The highest BCUT2D eigenvalue weighted by molar-refractivity contribution is 5.80. The minimum Gasteiger partial charge on any atom is -0.367 e. The van der Waals surface area contributed by atoms with Crippen molar-refractivity contribution in [3.63, 3.8) is 0 Å². The van der Waals surface area contributed by atoms with Crippen molar-refractivity contribution in [1.82, 2.24) is 0 Å². The quantitative estimate of drug-likeness (QED) is 0.115. The van der Waals surface area contributed by atoms with E-state index in [1.165, 1.54) is 68.9 Å². The van der Waals surface area contributed by atoms with Gasteiger partial charge in [0.25, 0.3) is 0 Å². The maximum Gasteiger partial charge on any atom is 0.184 e. The van der Waals surface area contributed by atoms with Crippen LogP contribution in [0.2, 0.25) is 0 Å². The normalized spacial score (nSPS) is 18.1. The van der Waals surface area contributed by atoms with Gasteiger partial charge in [-0.1, -0.05) is 182 Å². The van der Waals surface area contributed by atoms with Crippen LogP contribution < -0.4 is 0 Å². The number of hydrogen-bond donors (Lipinski definition) is 0. The van der Waals surface area contributed by atoms with Gasteiger partial charge in [0, 0.05) is 12.2 Å². The highest BCUT2D eigenvalue weighted by atomic mass is 19.2. The standard InChI is InChI=1S/C42H54F2O/c1-3-5-7-9-11-12-14-19-33-45-42(31-18-13-10-8-6-4-2)32-30-39(40(43)41(42)44)38-28-26-37(27-29-38)36-24-22-35(23-25-36)34-20-16-15-17-21-34/h15-17,20-30,32,41H,3-14,18-19,31,33H2,1-2H3. The SMILES string of the molecule is CCCCCCCCCCOC1(CCCCCCCC)C=CC(c2ccc(-c3ccc(-c4ccccc4)cc3)cc2)=C(F)C1F. The van der Waals surface area contributed by atoms with Crippen LogP contribution in [0.3, 0.4) is 0 Å². The molecule has 0 heterocycles. The molecule has 0 saturated heterocycles. The van der Waals surface area contributed by atoms with Crippen molar-refractivity contribution in [1.29, 1.82) is 0 Å². The molecule has 2 atom stereocenters. The molecule has 45 heavy (non-hydrogen) atoms. The first-order chi connectivity index (χ1) is 22.1. The number of hydrogen-bond acceptors (Lipinski definition) is 1. The van der Waals surface area contributed by atoms with Crippen LogP contribution in [0.25, 0.3) is 27.8 Å². The van der Waals surface area contributed by atoms with Gasteiger partial charge in [0.05, 0.1) is 0 Å². The van der Waals surface area contributed by atoms with E-state index in [-0.39, 0.29) is 0 Å². The van der Waals surface area contributed by atoms with Crippen LogP contribution in [0.5, 0.6) is 0 Å². The summed E-state index contributed by atoms with van der Waals surface area (Å²) < 4.78 is 38.3. The third-order valence-corrected chi connectivity index (χ3v) is 9.25. The number of allylic oxidation sites excluding steroid dienone is 2. The smallest absolute Gasteiger partial charge is 0.184 e. The van der Waals surface area contributed by atoms with E-state index in [4.69, 9.17) is 4.74 Å².